The van der Waals surface area contributed by atoms with E-state index in [0.29, 0.717) is 16.1 Å². The molecule has 0 aromatic heterocycles. The highest BCUT2D eigenvalue weighted by Gasteiger charge is 2.57. The third-order valence-electron chi connectivity index (χ3n) is 4.19. The summed E-state index contributed by atoms with van der Waals surface area (Å²) in [4.78, 5) is 11.0. The van der Waals surface area contributed by atoms with E-state index in [0.717, 1.165) is 12.1 Å². The average Bonchev–Trinajstić information content (AvgIpc) is 2.60. The molecule has 0 saturated heterocycles. The first-order valence-corrected chi connectivity index (χ1v) is 8.70. The summed E-state index contributed by atoms with van der Waals surface area (Å²) in [5, 5.41) is 23.8. The van der Waals surface area contributed by atoms with Crippen LogP contribution in [0.2, 0.25) is 5.02 Å². The van der Waals surface area contributed by atoms with Crippen LogP contribution in [-0.2, 0) is 12.8 Å². The number of aliphatic hydroxyl groups excluding tert-OH is 1. The highest BCUT2D eigenvalue weighted by molar-refractivity contribution is 6.30. The Balaban J connectivity index is 2.16. The normalized spacial score (nSPS) is 14.3. The highest BCUT2D eigenvalue weighted by atomic mass is 35.5. The predicted octanol–water partition coefficient (Wildman–Crippen LogP) is 3.66. The van der Waals surface area contributed by atoms with Gasteiger partial charge in [0.1, 0.15) is 6.09 Å². The number of nitrogens with one attached hydrogen (secondary N) is 1. The van der Waals surface area contributed by atoms with Gasteiger partial charge in [-0.2, -0.15) is 22.0 Å². The van der Waals surface area contributed by atoms with E-state index in [2.05, 4.69) is 5.32 Å². The number of benzene rings is 2. The van der Waals surface area contributed by atoms with Crippen LogP contribution in [0.5, 0.6) is 0 Å². The molecule has 0 bridgehead atoms. The molecule has 29 heavy (non-hydrogen) atoms. The second kappa shape index (κ2) is 8.96. The number of rotatable bonds is 7. The zero-order valence-corrected chi connectivity index (χ0v) is 15.5. The van der Waals surface area contributed by atoms with E-state index < -0.39 is 36.8 Å². The smallest absolute Gasteiger partial charge is 0.453 e. The number of amides is 1. The molecule has 0 heterocycles. The van der Waals surface area contributed by atoms with Gasteiger partial charge in [0.05, 0.1) is 12.1 Å². The monoisotopic (exact) mass is 436 g/mol. The quantitative estimate of drug-likeness (QED) is 0.651. The molecule has 0 aliphatic heterocycles. The molecular formula is C19H16ClF5NO3-. The third-order valence-corrected chi connectivity index (χ3v) is 4.43. The molecule has 2 aromatic carbocycles. The Kier molecular flexibility index (Phi) is 7.07. The molecule has 2 rings (SSSR count). The summed E-state index contributed by atoms with van der Waals surface area (Å²) in [5.41, 5.74) is 0.498. The third kappa shape index (κ3) is 6.30. The number of carboxylic acid groups (broad SMARTS) is 1. The van der Waals surface area contributed by atoms with Gasteiger partial charge in [0.25, 0.3) is 0 Å². The number of aliphatic hydroxyl groups is 1. The first-order valence-electron chi connectivity index (χ1n) is 8.32. The van der Waals surface area contributed by atoms with Gasteiger partial charge >= 0.3 is 12.1 Å². The van der Waals surface area contributed by atoms with E-state index in [1.807, 2.05) is 0 Å². The number of halogens is 6. The Bertz CT molecular complexity index is 842. The van der Waals surface area contributed by atoms with E-state index in [1.54, 1.807) is 12.1 Å². The molecule has 4 nitrogen and oxygen atoms in total. The van der Waals surface area contributed by atoms with Crippen molar-refractivity contribution in [3.8, 4) is 0 Å². The number of carbonyl (C=O) groups excluding carboxylic acids is 1. The van der Waals surface area contributed by atoms with Crippen LogP contribution in [0.3, 0.4) is 0 Å². The summed E-state index contributed by atoms with van der Waals surface area (Å²) in [7, 11) is 0. The fourth-order valence-corrected chi connectivity index (χ4v) is 2.92. The van der Waals surface area contributed by atoms with Gasteiger partial charge in [0.15, 0.2) is 0 Å². The molecule has 1 amide bonds. The van der Waals surface area contributed by atoms with E-state index in [9.17, 15) is 37.0 Å². The Hall–Kier alpha value is -2.39. The number of alkyl halides is 5. The minimum Gasteiger partial charge on any atom is -0.530 e. The molecule has 0 spiro atoms. The van der Waals surface area contributed by atoms with Crippen LogP contribution in [0.1, 0.15) is 22.8 Å². The van der Waals surface area contributed by atoms with Crippen molar-refractivity contribution < 1.29 is 37.0 Å². The SMILES string of the molecule is O=C([O-])NC(Cc1ccc(CC(F)(F)C(F)(F)F)cc1)C(O)c1cccc(Cl)c1. The fourth-order valence-electron chi connectivity index (χ4n) is 2.72. The molecule has 10 heteroatoms. The zero-order chi connectivity index (χ0) is 21.8. The van der Waals surface area contributed by atoms with Crippen molar-refractivity contribution in [3.63, 3.8) is 0 Å². The van der Waals surface area contributed by atoms with Gasteiger partial charge in [0.2, 0.25) is 0 Å². The second-order valence-corrected chi connectivity index (χ2v) is 6.87. The Morgan fingerprint density at radius 3 is 2.17 bits per heavy atom. The zero-order valence-electron chi connectivity index (χ0n) is 14.7. The van der Waals surface area contributed by atoms with Gasteiger partial charge < -0.3 is 20.3 Å². The molecule has 2 atom stereocenters. The van der Waals surface area contributed by atoms with Gasteiger partial charge in [0, 0.05) is 11.4 Å². The van der Waals surface area contributed by atoms with E-state index in [-0.39, 0.29) is 12.0 Å². The van der Waals surface area contributed by atoms with Crippen LogP contribution in [0.15, 0.2) is 48.5 Å². The second-order valence-electron chi connectivity index (χ2n) is 6.44. The fraction of sp³-hybridized carbons (Fsp3) is 0.316. The molecule has 0 saturated carbocycles. The maximum absolute atomic E-state index is 13.1. The first-order chi connectivity index (χ1) is 13.4. The highest BCUT2D eigenvalue weighted by Crippen LogP contribution is 2.38. The lowest BCUT2D eigenvalue weighted by atomic mass is 9.95. The summed E-state index contributed by atoms with van der Waals surface area (Å²) >= 11 is 5.86. The maximum atomic E-state index is 13.1. The summed E-state index contributed by atoms with van der Waals surface area (Å²) in [5.74, 6) is -4.86. The topological polar surface area (TPSA) is 72.4 Å². The average molecular weight is 437 g/mol. The van der Waals surface area contributed by atoms with Crippen molar-refractivity contribution in [3.05, 3.63) is 70.2 Å². The molecule has 2 aromatic rings. The lowest BCUT2D eigenvalue weighted by molar-refractivity contribution is -0.281. The van der Waals surface area contributed by atoms with Crippen LogP contribution < -0.4 is 10.4 Å². The molecular weight excluding hydrogens is 421 g/mol. The molecule has 158 valence electrons. The summed E-state index contributed by atoms with van der Waals surface area (Å²) < 4.78 is 63.2. The Labute approximate surface area is 167 Å². The molecule has 0 fully saturated rings. The molecule has 2 unspecified atom stereocenters. The summed E-state index contributed by atoms with van der Waals surface area (Å²) in [6.45, 7) is 0. The van der Waals surface area contributed by atoms with Gasteiger partial charge in [-0.3, -0.25) is 0 Å². The Morgan fingerprint density at radius 2 is 1.66 bits per heavy atom. The van der Waals surface area contributed by atoms with Crippen molar-refractivity contribution >= 4 is 17.7 Å². The molecule has 0 aliphatic carbocycles. The van der Waals surface area contributed by atoms with Crippen molar-refractivity contribution in [2.45, 2.75) is 37.1 Å². The van der Waals surface area contributed by atoms with E-state index in [1.165, 1.54) is 24.3 Å². The van der Waals surface area contributed by atoms with Gasteiger partial charge in [-0.15, -0.1) is 0 Å². The van der Waals surface area contributed by atoms with Gasteiger partial charge in [-0.25, -0.2) is 0 Å². The summed E-state index contributed by atoms with van der Waals surface area (Å²) in [6, 6.07) is 9.80. The number of carbonyl (C=O) groups is 1. The first kappa shape index (κ1) is 22.9. The molecule has 0 aliphatic rings. The van der Waals surface area contributed by atoms with Crippen LogP contribution in [0.4, 0.5) is 26.7 Å². The van der Waals surface area contributed by atoms with Crippen molar-refractivity contribution in [2.24, 2.45) is 0 Å². The lowest BCUT2D eigenvalue weighted by Gasteiger charge is -2.26. The maximum Gasteiger partial charge on any atom is 0.453 e. The summed E-state index contributed by atoms with van der Waals surface area (Å²) in [6.07, 6.45) is -10.2. The van der Waals surface area contributed by atoms with E-state index >= 15 is 0 Å². The number of hydrogen-bond donors (Lipinski definition) is 2. The standard InChI is InChI=1S/C19H17ClF5NO3/c20-14-3-1-2-13(9-14)16(27)15(26-17(28)29)8-11-4-6-12(7-5-11)10-18(21,22)19(23,24)25/h1-7,9,15-16,26-27H,8,10H2,(H,28,29)/p-1. The minimum absolute atomic E-state index is 0.0718. The van der Waals surface area contributed by atoms with Crippen molar-refractivity contribution in [2.75, 3.05) is 0 Å². The van der Waals surface area contributed by atoms with Crippen LogP contribution >= 0.6 is 11.6 Å². The lowest BCUT2D eigenvalue weighted by Crippen LogP contribution is -2.47. The molecule has 0 radical (unpaired) electrons. The minimum atomic E-state index is -5.66. The van der Waals surface area contributed by atoms with Crippen LogP contribution in [0, 0.1) is 0 Å². The Morgan fingerprint density at radius 1 is 1.07 bits per heavy atom. The van der Waals surface area contributed by atoms with Crippen LogP contribution in [-0.4, -0.2) is 29.3 Å². The number of hydrogen-bond acceptors (Lipinski definition) is 3. The predicted molar refractivity (Wildman–Crippen MR) is 93.6 cm³/mol. The van der Waals surface area contributed by atoms with Crippen LogP contribution in [0.25, 0.3) is 0 Å². The van der Waals surface area contributed by atoms with Crippen molar-refractivity contribution in [1.29, 1.82) is 0 Å². The van der Waals surface area contributed by atoms with Gasteiger partial charge in [-0.1, -0.05) is 48.0 Å². The van der Waals surface area contributed by atoms with Crippen molar-refractivity contribution in [1.82, 2.24) is 5.32 Å². The molecule has 2 N–H and O–H groups in total. The van der Waals surface area contributed by atoms with E-state index in [4.69, 9.17) is 11.6 Å². The largest absolute Gasteiger partial charge is 0.530 e. The van der Waals surface area contributed by atoms with Gasteiger partial charge in [-0.05, 0) is 35.2 Å².